The molecule has 1 aromatic carbocycles. The summed E-state index contributed by atoms with van der Waals surface area (Å²) in [4.78, 5) is 28.6. The number of carbonyl (C=O) groups is 2. The van der Waals surface area contributed by atoms with Gasteiger partial charge < -0.3 is 15.4 Å². The molecule has 2 aliphatic heterocycles. The van der Waals surface area contributed by atoms with Crippen LogP contribution < -0.4 is 10.5 Å². The van der Waals surface area contributed by atoms with Crippen molar-refractivity contribution in [3.63, 3.8) is 0 Å². The average molecular weight is 345 g/mol. The molecule has 2 saturated heterocycles. The van der Waals surface area contributed by atoms with E-state index >= 15 is 0 Å². The summed E-state index contributed by atoms with van der Waals surface area (Å²) in [6.07, 6.45) is 3.64. The molecule has 3 rings (SSSR count). The molecule has 2 N–H and O–H groups in total. The molecule has 0 saturated carbocycles. The highest BCUT2D eigenvalue weighted by Gasteiger charge is 2.36. The van der Waals surface area contributed by atoms with Gasteiger partial charge in [0.25, 0.3) is 5.91 Å². The van der Waals surface area contributed by atoms with E-state index < -0.39 is 0 Å². The minimum Gasteiger partial charge on any atom is -0.493 e. The lowest BCUT2D eigenvalue weighted by Crippen LogP contribution is -2.51. The molecule has 0 bridgehead atoms. The van der Waals surface area contributed by atoms with Crippen LogP contribution in [0.25, 0.3) is 0 Å². The monoisotopic (exact) mass is 345 g/mol. The number of ether oxygens (including phenoxy) is 1. The van der Waals surface area contributed by atoms with Gasteiger partial charge in [-0.2, -0.15) is 0 Å². The number of likely N-dealkylation sites (tertiary alicyclic amines) is 2. The maximum absolute atomic E-state index is 12.9. The standard InChI is InChI=1S/C19H27N3O3/c1-2-25-17-8-4-3-6-15(17)19(24)21-12-9-14(10-13-21)22-11-5-7-16(22)18(20)23/h3-4,6,8,14,16H,2,5,7,9-13H2,1H3,(H2,20,23)/t16-/m0/s1. The predicted octanol–water partition coefficient (Wildman–Crippen LogP) is 1.64. The van der Waals surface area contributed by atoms with Crippen molar-refractivity contribution in [3.8, 4) is 5.75 Å². The molecule has 2 amide bonds. The first-order chi connectivity index (χ1) is 12.1. The van der Waals surface area contributed by atoms with Crippen molar-refractivity contribution in [1.82, 2.24) is 9.80 Å². The molecule has 0 spiro atoms. The first-order valence-electron chi connectivity index (χ1n) is 9.18. The van der Waals surface area contributed by atoms with Gasteiger partial charge in [0, 0.05) is 19.1 Å². The van der Waals surface area contributed by atoms with Crippen LogP contribution in [0.2, 0.25) is 0 Å². The second-order valence-electron chi connectivity index (χ2n) is 6.75. The second-order valence-corrected chi connectivity index (χ2v) is 6.75. The Morgan fingerprint density at radius 3 is 2.56 bits per heavy atom. The highest BCUT2D eigenvalue weighted by Crippen LogP contribution is 2.27. The molecule has 136 valence electrons. The zero-order chi connectivity index (χ0) is 17.8. The lowest BCUT2D eigenvalue weighted by atomic mass is 10.0. The van der Waals surface area contributed by atoms with E-state index in [2.05, 4.69) is 4.90 Å². The Balaban J connectivity index is 1.62. The van der Waals surface area contributed by atoms with Crippen LogP contribution in [0.4, 0.5) is 0 Å². The number of nitrogens with zero attached hydrogens (tertiary/aromatic N) is 2. The zero-order valence-corrected chi connectivity index (χ0v) is 14.8. The van der Waals surface area contributed by atoms with E-state index in [1.807, 2.05) is 36.1 Å². The van der Waals surface area contributed by atoms with Crippen molar-refractivity contribution in [2.24, 2.45) is 5.73 Å². The third-order valence-electron chi connectivity index (χ3n) is 5.26. The number of benzene rings is 1. The van der Waals surface area contributed by atoms with E-state index in [0.717, 1.165) is 32.2 Å². The van der Waals surface area contributed by atoms with Crippen LogP contribution in [-0.4, -0.2) is 59.9 Å². The van der Waals surface area contributed by atoms with Crippen LogP contribution in [0, 0.1) is 0 Å². The molecular weight excluding hydrogens is 318 g/mol. The molecule has 1 atom stereocenters. The fourth-order valence-electron chi connectivity index (χ4n) is 4.03. The van der Waals surface area contributed by atoms with Crippen LogP contribution >= 0.6 is 0 Å². The third kappa shape index (κ3) is 3.79. The fourth-order valence-corrected chi connectivity index (χ4v) is 4.03. The van der Waals surface area contributed by atoms with Crippen molar-refractivity contribution in [1.29, 1.82) is 0 Å². The molecule has 0 unspecified atom stereocenters. The van der Waals surface area contributed by atoms with E-state index in [1.165, 1.54) is 0 Å². The Labute approximate surface area is 148 Å². The van der Waals surface area contributed by atoms with Gasteiger partial charge in [-0.15, -0.1) is 0 Å². The van der Waals surface area contributed by atoms with E-state index in [0.29, 0.717) is 37.1 Å². The van der Waals surface area contributed by atoms with Crippen LogP contribution in [0.15, 0.2) is 24.3 Å². The number of hydrogen-bond acceptors (Lipinski definition) is 4. The molecule has 0 aromatic heterocycles. The van der Waals surface area contributed by atoms with Crippen molar-refractivity contribution in [2.75, 3.05) is 26.2 Å². The number of nitrogens with two attached hydrogens (primary N) is 1. The van der Waals surface area contributed by atoms with Gasteiger partial charge in [0.05, 0.1) is 18.2 Å². The number of amides is 2. The maximum Gasteiger partial charge on any atom is 0.257 e. The van der Waals surface area contributed by atoms with Gasteiger partial charge in [-0.25, -0.2) is 0 Å². The van der Waals surface area contributed by atoms with E-state index in [1.54, 1.807) is 0 Å². The number of hydrogen-bond donors (Lipinski definition) is 1. The third-order valence-corrected chi connectivity index (χ3v) is 5.26. The molecule has 1 aromatic rings. The number of carbonyl (C=O) groups excluding carboxylic acids is 2. The van der Waals surface area contributed by atoms with E-state index in [-0.39, 0.29) is 17.9 Å². The summed E-state index contributed by atoms with van der Waals surface area (Å²) in [5.74, 6) is 0.447. The topological polar surface area (TPSA) is 75.9 Å². The Kier molecular flexibility index (Phi) is 5.58. The normalized spacial score (nSPS) is 22.1. The number of piperidine rings is 1. The summed E-state index contributed by atoms with van der Waals surface area (Å²) in [6.45, 7) is 4.78. The van der Waals surface area contributed by atoms with E-state index in [4.69, 9.17) is 10.5 Å². The summed E-state index contributed by atoms with van der Waals surface area (Å²) >= 11 is 0. The quantitative estimate of drug-likeness (QED) is 0.880. The minimum absolute atomic E-state index is 0.0235. The molecular formula is C19H27N3O3. The van der Waals surface area contributed by atoms with Crippen molar-refractivity contribution in [2.45, 2.75) is 44.7 Å². The van der Waals surface area contributed by atoms with Gasteiger partial charge in [-0.05, 0) is 51.3 Å². The molecule has 2 fully saturated rings. The molecule has 0 radical (unpaired) electrons. The SMILES string of the molecule is CCOc1ccccc1C(=O)N1CCC(N2CCC[C@H]2C(N)=O)CC1. The molecule has 6 heteroatoms. The van der Waals surface area contributed by atoms with Crippen molar-refractivity contribution in [3.05, 3.63) is 29.8 Å². The van der Waals surface area contributed by atoms with Gasteiger partial charge in [0.1, 0.15) is 5.75 Å². The Bertz CT molecular complexity index is 626. The van der Waals surface area contributed by atoms with Crippen LogP contribution in [0.3, 0.4) is 0 Å². The summed E-state index contributed by atoms with van der Waals surface area (Å²) in [5.41, 5.74) is 6.16. The Hall–Kier alpha value is -2.08. The minimum atomic E-state index is -0.221. The molecule has 0 aliphatic carbocycles. The van der Waals surface area contributed by atoms with E-state index in [9.17, 15) is 9.59 Å². The summed E-state index contributed by atoms with van der Waals surface area (Å²) < 4.78 is 5.58. The van der Waals surface area contributed by atoms with Crippen LogP contribution in [0.5, 0.6) is 5.75 Å². The fraction of sp³-hybridized carbons (Fsp3) is 0.579. The van der Waals surface area contributed by atoms with Crippen LogP contribution in [0.1, 0.15) is 43.0 Å². The van der Waals surface area contributed by atoms with Gasteiger partial charge in [0.2, 0.25) is 5.91 Å². The summed E-state index contributed by atoms with van der Waals surface area (Å²) in [7, 11) is 0. The number of rotatable bonds is 5. The van der Waals surface area contributed by atoms with Gasteiger partial charge >= 0.3 is 0 Å². The number of primary amides is 1. The lowest BCUT2D eigenvalue weighted by molar-refractivity contribution is -0.123. The largest absolute Gasteiger partial charge is 0.493 e. The smallest absolute Gasteiger partial charge is 0.257 e. The molecule has 2 heterocycles. The zero-order valence-electron chi connectivity index (χ0n) is 14.8. The molecule has 2 aliphatic rings. The first-order valence-corrected chi connectivity index (χ1v) is 9.18. The first kappa shape index (κ1) is 17.7. The van der Waals surface area contributed by atoms with Crippen molar-refractivity contribution < 1.29 is 14.3 Å². The highest BCUT2D eigenvalue weighted by atomic mass is 16.5. The highest BCUT2D eigenvalue weighted by molar-refractivity contribution is 5.97. The Morgan fingerprint density at radius 1 is 1.16 bits per heavy atom. The second kappa shape index (κ2) is 7.87. The van der Waals surface area contributed by atoms with Gasteiger partial charge in [-0.3, -0.25) is 14.5 Å². The lowest BCUT2D eigenvalue weighted by Gasteiger charge is -2.38. The Morgan fingerprint density at radius 2 is 1.88 bits per heavy atom. The molecule has 6 nitrogen and oxygen atoms in total. The average Bonchev–Trinajstić information content (AvgIpc) is 3.12. The van der Waals surface area contributed by atoms with Gasteiger partial charge in [-0.1, -0.05) is 12.1 Å². The van der Waals surface area contributed by atoms with Gasteiger partial charge in [0.15, 0.2) is 0 Å². The summed E-state index contributed by atoms with van der Waals surface area (Å²) in [5, 5.41) is 0. The van der Waals surface area contributed by atoms with Crippen molar-refractivity contribution >= 4 is 11.8 Å². The van der Waals surface area contributed by atoms with Crippen LogP contribution in [-0.2, 0) is 4.79 Å². The maximum atomic E-state index is 12.9. The summed E-state index contributed by atoms with van der Waals surface area (Å²) in [6, 6.07) is 7.61. The molecule has 25 heavy (non-hydrogen) atoms. The predicted molar refractivity (Wildman–Crippen MR) is 95.5 cm³/mol. The number of para-hydroxylation sites is 1.